The summed E-state index contributed by atoms with van der Waals surface area (Å²) in [7, 11) is 1.51. The fraction of sp³-hybridized carbons (Fsp3) is 0.200. The zero-order valence-electron chi connectivity index (χ0n) is 11.1. The van der Waals surface area contributed by atoms with Crippen molar-refractivity contribution in [2.45, 2.75) is 13.3 Å². The second-order valence-corrected chi connectivity index (χ2v) is 4.73. The van der Waals surface area contributed by atoms with E-state index < -0.39 is 6.43 Å². The van der Waals surface area contributed by atoms with Gasteiger partial charge in [-0.25, -0.2) is 8.78 Å². The Labute approximate surface area is 114 Å². The summed E-state index contributed by atoms with van der Waals surface area (Å²) in [5.74, 6) is 0. The smallest absolute Gasteiger partial charge is 0.266 e. The molecule has 102 valence electrons. The molecule has 0 fully saturated rings. The third kappa shape index (κ3) is 1.95. The van der Waals surface area contributed by atoms with Crippen molar-refractivity contribution in [3.05, 3.63) is 47.9 Å². The van der Waals surface area contributed by atoms with Gasteiger partial charge in [-0.2, -0.15) is 5.10 Å². The molecule has 0 aliphatic heterocycles. The third-order valence-corrected chi connectivity index (χ3v) is 3.45. The molecule has 0 saturated carbocycles. The summed E-state index contributed by atoms with van der Waals surface area (Å²) in [5.41, 5.74) is 1.91. The highest BCUT2D eigenvalue weighted by Gasteiger charge is 2.20. The lowest BCUT2D eigenvalue weighted by Crippen LogP contribution is -2.00. The van der Waals surface area contributed by atoms with Crippen molar-refractivity contribution in [2.24, 2.45) is 7.05 Å². The van der Waals surface area contributed by atoms with Crippen LogP contribution in [0, 0.1) is 6.92 Å². The maximum Gasteiger partial charge on any atom is 0.280 e. The number of hydrogen-bond acceptors (Lipinski definition) is 2. The van der Waals surface area contributed by atoms with Crippen LogP contribution in [0.3, 0.4) is 0 Å². The molecule has 1 aromatic carbocycles. The molecule has 0 aliphatic carbocycles. The number of pyridine rings is 1. The van der Waals surface area contributed by atoms with E-state index in [1.54, 1.807) is 6.20 Å². The van der Waals surface area contributed by atoms with Crippen LogP contribution in [-0.2, 0) is 7.05 Å². The summed E-state index contributed by atoms with van der Waals surface area (Å²) in [4.78, 5) is 4.31. The minimum Gasteiger partial charge on any atom is -0.266 e. The highest BCUT2D eigenvalue weighted by atomic mass is 19.3. The lowest BCUT2D eigenvalue weighted by molar-refractivity contribution is 0.141. The van der Waals surface area contributed by atoms with Crippen LogP contribution in [0.2, 0.25) is 0 Å². The van der Waals surface area contributed by atoms with Crippen molar-refractivity contribution >= 4 is 10.8 Å². The number of aryl methyl sites for hydroxylation is 2. The minimum atomic E-state index is -2.58. The molecular weight excluding hydrogens is 260 g/mol. The van der Waals surface area contributed by atoms with Gasteiger partial charge in [-0.3, -0.25) is 9.67 Å². The Morgan fingerprint density at radius 2 is 2.00 bits per heavy atom. The second-order valence-electron chi connectivity index (χ2n) is 4.73. The molecule has 0 radical (unpaired) electrons. The third-order valence-electron chi connectivity index (χ3n) is 3.45. The van der Waals surface area contributed by atoms with Crippen LogP contribution >= 0.6 is 0 Å². The molecular formula is C15H13F2N3. The SMILES string of the molecule is Cc1cccc2cc(-c3cnn(C)c3C(F)F)ncc12. The zero-order valence-corrected chi connectivity index (χ0v) is 11.1. The van der Waals surface area contributed by atoms with E-state index >= 15 is 0 Å². The number of alkyl halides is 2. The Morgan fingerprint density at radius 3 is 2.75 bits per heavy atom. The summed E-state index contributed by atoms with van der Waals surface area (Å²) in [6.45, 7) is 2.00. The number of fused-ring (bicyclic) bond motifs is 1. The molecule has 5 heteroatoms. The van der Waals surface area contributed by atoms with Crippen molar-refractivity contribution in [3.8, 4) is 11.3 Å². The average Bonchev–Trinajstić information content (AvgIpc) is 2.80. The topological polar surface area (TPSA) is 30.7 Å². The Kier molecular flexibility index (Phi) is 2.97. The van der Waals surface area contributed by atoms with Crippen LogP contribution in [0.15, 0.2) is 36.7 Å². The Bertz CT molecular complexity index is 778. The number of nitrogens with zero attached hydrogens (tertiary/aromatic N) is 3. The molecule has 0 atom stereocenters. The first-order valence-corrected chi connectivity index (χ1v) is 6.23. The lowest BCUT2D eigenvalue weighted by atomic mass is 10.0. The fourth-order valence-corrected chi connectivity index (χ4v) is 2.37. The molecule has 0 amide bonds. The summed E-state index contributed by atoms with van der Waals surface area (Å²) in [5, 5.41) is 5.92. The minimum absolute atomic E-state index is 0.107. The maximum atomic E-state index is 13.1. The molecule has 3 nitrogen and oxygen atoms in total. The van der Waals surface area contributed by atoms with E-state index in [0.717, 1.165) is 16.3 Å². The van der Waals surface area contributed by atoms with E-state index in [2.05, 4.69) is 10.1 Å². The summed E-state index contributed by atoms with van der Waals surface area (Å²) < 4.78 is 27.4. The molecule has 0 spiro atoms. The summed E-state index contributed by atoms with van der Waals surface area (Å²) in [6, 6.07) is 7.72. The number of aromatic nitrogens is 3. The number of benzene rings is 1. The predicted octanol–water partition coefficient (Wildman–Crippen LogP) is 3.88. The molecule has 3 aromatic rings. The van der Waals surface area contributed by atoms with E-state index in [-0.39, 0.29) is 5.69 Å². The molecule has 0 N–H and O–H groups in total. The maximum absolute atomic E-state index is 13.1. The quantitative estimate of drug-likeness (QED) is 0.709. The standard InChI is InChI=1S/C15H13F2N3/c1-9-4-3-5-10-6-13(18-7-11(9)10)12-8-19-20(2)14(12)15(16)17/h3-8,15H,1-2H3. The van der Waals surface area contributed by atoms with Gasteiger partial charge in [0.25, 0.3) is 6.43 Å². The van der Waals surface area contributed by atoms with Crippen molar-refractivity contribution in [1.29, 1.82) is 0 Å². The Hall–Kier alpha value is -2.30. The monoisotopic (exact) mass is 273 g/mol. The van der Waals surface area contributed by atoms with Crippen LogP contribution < -0.4 is 0 Å². The molecule has 2 aromatic heterocycles. The molecule has 0 unspecified atom stereocenters. The van der Waals surface area contributed by atoms with Crippen molar-refractivity contribution in [2.75, 3.05) is 0 Å². The van der Waals surface area contributed by atoms with E-state index in [4.69, 9.17) is 0 Å². The van der Waals surface area contributed by atoms with Crippen LogP contribution in [0.5, 0.6) is 0 Å². The van der Waals surface area contributed by atoms with Crippen LogP contribution in [-0.4, -0.2) is 14.8 Å². The van der Waals surface area contributed by atoms with E-state index in [0.29, 0.717) is 11.3 Å². The van der Waals surface area contributed by atoms with Gasteiger partial charge < -0.3 is 0 Å². The lowest BCUT2D eigenvalue weighted by Gasteiger charge is -2.07. The second kappa shape index (κ2) is 4.67. The Morgan fingerprint density at radius 1 is 1.20 bits per heavy atom. The highest BCUT2D eigenvalue weighted by Crippen LogP contribution is 2.31. The summed E-state index contributed by atoms with van der Waals surface area (Å²) >= 11 is 0. The first-order chi connectivity index (χ1) is 9.58. The zero-order chi connectivity index (χ0) is 14.3. The van der Waals surface area contributed by atoms with Gasteiger partial charge in [0.05, 0.1) is 11.9 Å². The highest BCUT2D eigenvalue weighted by molar-refractivity contribution is 5.87. The molecule has 20 heavy (non-hydrogen) atoms. The summed E-state index contributed by atoms with van der Waals surface area (Å²) in [6.07, 6.45) is 0.584. The van der Waals surface area contributed by atoms with Crippen LogP contribution in [0.1, 0.15) is 17.7 Å². The van der Waals surface area contributed by atoms with Gasteiger partial charge >= 0.3 is 0 Å². The molecule has 0 saturated heterocycles. The number of halogens is 2. The predicted molar refractivity (Wildman–Crippen MR) is 73.6 cm³/mol. The van der Waals surface area contributed by atoms with Crippen molar-refractivity contribution < 1.29 is 8.78 Å². The first kappa shape index (κ1) is 12.7. The largest absolute Gasteiger partial charge is 0.280 e. The number of hydrogen-bond donors (Lipinski definition) is 0. The van der Waals surface area contributed by atoms with E-state index in [9.17, 15) is 8.78 Å². The van der Waals surface area contributed by atoms with E-state index in [1.807, 2.05) is 31.2 Å². The van der Waals surface area contributed by atoms with Gasteiger partial charge in [-0.15, -0.1) is 0 Å². The van der Waals surface area contributed by atoms with Gasteiger partial charge in [0.1, 0.15) is 5.69 Å². The molecule has 3 rings (SSSR count). The van der Waals surface area contributed by atoms with Gasteiger partial charge in [-0.05, 0) is 23.9 Å². The molecule has 0 bridgehead atoms. The molecule has 0 aliphatic rings. The van der Waals surface area contributed by atoms with Crippen LogP contribution in [0.25, 0.3) is 22.0 Å². The van der Waals surface area contributed by atoms with Gasteiger partial charge in [0, 0.05) is 24.2 Å². The normalized spacial score (nSPS) is 11.4. The molecule has 2 heterocycles. The number of rotatable bonds is 2. The van der Waals surface area contributed by atoms with Crippen LogP contribution in [0.4, 0.5) is 8.78 Å². The van der Waals surface area contributed by atoms with Gasteiger partial charge in [0.2, 0.25) is 0 Å². The van der Waals surface area contributed by atoms with Gasteiger partial charge in [-0.1, -0.05) is 18.2 Å². The van der Waals surface area contributed by atoms with Gasteiger partial charge in [0.15, 0.2) is 0 Å². The van der Waals surface area contributed by atoms with Crippen molar-refractivity contribution in [1.82, 2.24) is 14.8 Å². The Balaban J connectivity index is 2.21. The van der Waals surface area contributed by atoms with E-state index in [1.165, 1.54) is 17.9 Å². The van der Waals surface area contributed by atoms with Crippen molar-refractivity contribution in [3.63, 3.8) is 0 Å². The average molecular weight is 273 g/mol. The first-order valence-electron chi connectivity index (χ1n) is 6.23. The fourth-order valence-electron chi connectivity index (χ4n) is 2.37.